The monoisotopic (exact) mass is 186 g/mol. The van der Waals surface area contributed by atoms with Crippen molar-refractivity contribution in [1.82, 2.24) is 0 Å². The van der Waals surface area contributed by atoms with Crippen LogP contribution in [0.15, 0.2) is 5.16 Å². The van der Waals surface area contributed by atoms with Crippen molar-refractivity contribution >= 4 is 17.6 Å². The average molecular weight is 186 g/mol. The molecule has 0 spiro atoms. The molecule has 68 valence electrons. The largest absolute Gasteiger partial charge is 0.409 e. The Balaban J connectivity index is 2.02. The third-order valence-electron chi connectivity index (χ3n) is 2.82. The summed E-state index contributed by atoms with van der Waals surface area (Å²) in [7, 11) is 0. The van der Waals surface area contributed by atoms with E-state index >= 15 is 0 Å². The number of oxime groups is 1. The lowest BCUT2D eigenvalue weighted by Gasteiger charge is -2.25. The summed E-state index contributed by atoms with van der Waals surface area (Å²) in [5.74, 6) is 0.779. The van der Waals surface area contributed by atoms with Gasteiger partial charge in [0.15, 0.2) is 0 Å². The summed E-state index contributed by atoms with van der Waals surface area (Å²) in [5, 5.41) is 13.2. The van der Waals surface area contributed by atoms with Crippen LogP contribution in [0.5, 0.6) is 0 Å². The second-order valence-electron chi connectivity index (χ2n) is 3.65. The van der Waals surface area contributed by atoms with Crippen LogP contribution in [0.1, 0.15) is 25.7 Å². The lowest BCUT2D eigenvalue weighted by Crippen LogP contribution is -2.30. The van der Waals surface area contributed by atoms with Crippen molar-refractivity contribution in [3.05, 3.63) is 0 Å². The number of nitrogens with zero attached hydrogens (tertiary/aromatic N) is 1. The summed E-state index contributed by atoms with van der Waals surface area (Å²) in [6.45, 7) is 0. The van der Waals surface area contributed by atoms with Crippen molar-refractivity contribution in [2.75, 3.05) is 0 Å². The highest BCUT2D eigenvalue weighted by atomic mass is 32.2. The second kappa shape index (κ2) is 3.17. The van der Waals surface area contributed by atoms with Gasteiger partial charge >= 0.3 is 0 Å². The van der Waals surface area contributed by atoms with E-state index in [0.717, 1.165) is 23.3 Å². The molecule has 2 fully saturated rings. The first-order valence-electron chi connectivity index (χ1n) is 4.42. The van der Waals surface area contributed by atoms with Crippen molar-refractivity contribution in [3.63, 3.8) is 0 Å². The molecule has 2 saturated heterocycles. The van der Waals surface area contributed by atoms with E-state index in [1.54, 1.807) is 0 Å². The van der Waals surface area contributed by atoms with Gasteiger partial charge in [0.05, 0.1) is 0 Å². The molecule has 3 nitrogen and oxygen atoms in total. The van der Waals surface area contributed by atoms with E-state index in [2.05, 4.69) is 16.9 Å². The molecule has 0 radical (unpaired) electrons. The smallest absolute Gasteiger partial charge is 0.142 e. The SMILES string of the molecule is N/C(=N\O)C1CC2CCC(C1)S2. The Kier molecular flexibility index (Phi) is 2.17. The molecule has 0 aliphatic carbocycles. The minimum absolute atomic E-state index is 0.341. The molecule has 2 unspecified atom stereocenters. The minimum atomic E-state index is 0.341. The van der Waals surface area contributed by atoms with Crippen LogP contribution < -0.4 is 5.73 Å². The van der Waals surface area contributed by atoms with E-state index in [-0.39, 0.29) is 0 Å². The fourth-order valence-electron chi connectivity index (χ4n) is 2.18. The molecule has 2 aliphatic heterocycles. The average Bonchev–Trinajstić information content (AvgIpc) is 2.44. The zero-order valence-corrected chi connectivity index (χ0v) is 7.76. The van der Waals surface area contributed by atoms with Gasteiger partial charge in [0.25, 0.3) is 0 Å². The highest BCUT2D eigenvalue weighted by Crippen LogP contribution is 2.45. The van der Waals surface area contributed by atoms with Crippen LogP contribution in [0.3, 0.4) is 0 Å². The first-order chi connectivity index (χ1) is 5.79. The molecule has 2 bridgehead atoms. The number of hydrogen-bond acceptors (Lipinski definition) is 3. The van der Waals surface area contributed by atoms with E-state index in [4.69, 9.17) is 10.9 Å². The first-order valence-corrected chi connectivity index (χ1v) is 5.36. The lowest BCUT2D eigenvalue weighted by atomic mass is 9.98. The van der Waals surface area contributed by atoms with Gasteiger partial charge in [0, 0.05) is 16.4 Å². The maximum Gasteiger partial charge on any atom is 0.142 e. The van der Waals surface area contributed by atoms with Crippen LogP contribution >= 0.6 is 11.8 Å². The van der Waals surface area contributed by atoms with Crippen molar-refractivity contribution in [3.8, 4) is 0 Å². The van der Waals surface area contributed by atoms with Crippen LogP contribution in [0, 0.1) is 5.92 Å². The van der Waals surface area contributed by atoms with Crippen molar-refractivity contribution in [1.29, 1.82) is 0 Å². The summed E-state index contributed by atoms with van der Waals surface area (Å²) in [5.41, 5.74) is 5.59. The molecular weight excluding hydrogens is 172 g/mol. The molecule has 12 heavy (non-hydrogen) atoms. The van der Waals surface area contributed by atoms with E-state index in [1.165, 1.54) is 12.8 Å². The number of amidine groups is 1. The van der Waals surface area contributed by atoms with Gasteiger partial charge in [-0.1, -0.05) is 5.16 Å². The Bertz CT molecular complexity index is 195. The second-order valence-corrected chi connectivity index (χ2v) is 5.26. The van der Waals surface area contributed by atoms with Gasteiger partial charge in [0.1, 0.15) is 5.84 Å². The molecule has 2 atom stereocenters. The highest BCUT2D eigenvalue weighted by Gasteiger charge is 2.36. The molecule has 2 rings (SSSR count). The lowest BCUT2D eigenvalue weighted by molar-refractivity contribution is 0.312. The van der Waals surface area contributed by atoms with Crippen LogP contribution in [-0.2, 0) is 0 Å². The summed E-state index contributed by atoms with van der Waals surface area (Å²) in [4.78, 5) is 0. The van der Waals surface area contributed by atoms with Gasteiger partial charge in [0.2, 0.25) is 0 Å². The molecule has 4 heteroatoms. The van der Waals surface area contributed by atoms with Gasteiger partial charge in [-0.25, -0.2) is 0 Å². The fraction of sp³-hybridized carbons (Fsp3) is 0.875. The Morgan fingerprint density at radius 3 is 2.42 bits per heavy atom. The maximum atomic E-state index is 8.54. The summed E-state index contributed by atoms with van der Waals surface area (Å²) < 4.78 is 0. The normalized spacial score (nSPS) is 41.7. The number of nitrogens with two attached hydrogens (primary N) is 1. The summed E-state index contributed by atoms with van der Waals surface area (Å²) in [6.07, 6.45) is 4.86. The van der Waals surface area contributed by atoms with Crippen LogP contribution in [0.4, 0.5) is 0 Å². The van der Waals surface area contributed by atoms with Crippen molar-refractivity contribution in [2.24, 2.45) is 16.8 Å². The number of fused-ring (bicyclic) bond motifs is 2. The van der Waals surface area contributed by atoms with Crippen molar-refractivity contribution < 1.29 is 5.21 Å². The number of rotatable bonds is 1. The topological polar surface area (TPSA) is 58.6 Å². The third-order valence-corrected chi connectivity index (χ3v) is 4.45. The van der Waals surface area contributed by atoms with Crippen molar-refractivity contribution in [2.45, 2.75) is 36.2 Å². The molecule has 0 aromatic carbocycles. The van der Waals surface area contributed by atoms with Gasteiger partial charge in [-0.3, -0.25) is 0 Å². The maximum absolute atomic E-state index is 8.54. The van der Waals surface area contributed by atoms with E-state index < -0.39 is 0 Å². The fourth-order valence-corrected chi connectivity index (χ4v) is 3.96. The predicted molar refractivity (Wildman–Crippen MR) is 50.5 cm³/mol. The van der Waals surface area contributed by atoms with Crippen LogP contribution in [-0.4, -0.2) is 21.5 Å². The summed E-state index contributed by atoms with van der Waals surface area (Å²) in [6, 6.07) is 0. The quantitative estimate of drug-likeness (QED) is 0.282. The molecule has 0 aromatic heterocycles. The molecule has 3 N–H and O–H groups in total. The first kappa shape index (κ1) is 8.23. The minimum Gasteiger partial charge on any atom is -0.409 e. The standard InChI is InChI=1S/C8H14N2OS/c9-8(10-11)5-3-6-1-2-7(4-5)12-6/h5-7,11H,1-4H2,(H2,9,10). The molecule has 0 saturated carbocycles. The Labute approximate surface area is 76.4 Å². The molecule has 2 aliphatic rings. The van der Waals surface area contributed by atoms with E-state index in [0.29, 0.717) is 11.8 Å². The Morgan fingerprint density at radius 2 is 1.92 bits per heavy atom. The van der Waals surface area contributed by atoms with Gasteiger partial charge in [-0.15, -0.1) is 0 Å². The number of hydrogen-bond donors (Lipinski definition) is 2. The highest BCUT2D eigenvalue weighted by molar-refractivity contribution is 8.00. The molecular formula is C8H14N2OS. The molecule has 0 aromatic rings. The number of thioether (sulfide) groups is 1. The summed E-state index contributed by atoms with van der Waals surface area (Å²) >= 11 is 2.09. The van der Waals surface area contributed by atoms with Gasteiger partial charge < -0.3 is 10.9 Å². The van der Waals surface area contributed by atoms with Gasteiger partial charge in [-0.2, -0.15) is 11.8 Å². The third kappa shape index (κ3) is 1.40. The van der Waals surface area contributed by atoms with E-state index in [9.17, 15) is 0 Å². The molecule has 0 amide bonds. The Morgan fingerprint density at radius 1 is 1.33 bits per heavy atom. The molecule has 2 heterocycles. The zero-order chi connectivity index (χ0) is 8.55. The van der Waals surface area contributed by atoms with E-state index in [1.807, 2.05) is 0 Å². The predicted octanol–water partition coefficient (Wildman–Crippen LogP) is 1.41. The Hall–Kier alpha value is -0.380. The van der Waals surface area contributed by atoms with Crippen LogP contribution in [0.2, 0.25) is 0 Å². The zero-order valence-electron chi connectivity index (χ0n) is 6.94. The van der Waals surface area contributed by atoms with Crippen LogP contribution in [0.25, 0.3) is 0 Å². The van der Waals surface area contributed by atoms with Gasteiger partial charge in [-0.05, 0) is 25.7 Å².